The van der Waals surface area contributed by atoms with Crippen LogP contribution in [0.1, 0.15) is 32.7 Å². The first-order valence-corrected chi connectivity index (χ1v) is 4.50. The molecule has 0 bridgehead atoms. The third kappa shape index (κ3) is 1.31. The third-order valence-electron chi connectivity index (χ3n) is 2.27. The molecule has 3 nitrogen and oxygen atoms in total. The first-order chi connectivity index (χ1) is 6.72. The summed E-state index contributed by atoms with van der Waals surface area (Å²) in [5.74, 6) is -0.595. The molecule has 0 atom stereocenters. The Morgan fingerprint density at radius 3 is 2.57 bits per heavy atom. The Labute approximate surface area is 82.1 Å². The minimum Gasteiger partial charge on any atom is -0.288 e. The molecule has 71 valence electrons. The lowest BCUT2D eigenvalue weighted by atomic mass is 10.0. The van der Waals surface area contributed by atoms with Gasteiger partial charge in [-0.2, -0.15) is 0 Å². The van der Waals surface area contributed by atoms with Crippen molar-refractivity contribution >= 4 is 11.8 Å². The van der Waals surface area contributed by atoms with E-state index in [1.807, 2.05) is 6.07 Å². The average molecular weight is 188 g/mol. The Morgan fingerprint density at radius 2 is 1.86 bits per heavy atom. The van der Waals surface area contributed by atoms with E-state index >= 15 is 0 Å². The van der Waals surface area contributed by atoms with Crippen molar-refractivity contribution in [2.24, 2.45) is 0 Å². The number of benzene rings is 1. The van der Waals surface area contributed by atoms with Crippen molar-refractivity contribution in [3.8, 4) is 0 Å². The lowest BCUT2D eigenvalue weighted by Gasteiger charge is -1.99. The zero-order valence-corrected chi connectivity index (χ0v) is 7.67. The van der Waals surface area contributed by atoms with Gasteiger partial charge in [-0.25, -0.2) is 0 Å². The summed E-state index contributed by atoms with van der Waals surface area (Å²) in [7, 11) is 0. The largest absolute Gasteiger partial charge is 0.288 e. The predicted octanol–water partition coefficient (Wildman–Crippen LogP) is 1.34. The van der Waals surface area contributed by atoms with Gasteiger partial charge >= 0.3 is 0 Å². The Hall–Kier alpha value is -1.64. The smallest absolute Gasteiger partial charge is 0.258 e. The first-order valence-electron chi connectivity index (χ1n) is 4.50. The minimum atomic E-state index is -0.300. The molecule has 2 amide bonds. The fourth-order valence-electron chi connectivity index (χ4n) is 1.57. The molecule has 1 aromatic carbocycles. The van der Waals surface area contributed by atoms with Gasteiger partial charge in [0.1, 0.15) is 0 Å². The van der Waals surface area contributed by atoms with Crippen molar-refractivity contribution < 1.29 is 9.59 Å². The Bertz CT molecular complexity index is 410. The molecule has 0 aromatic heterocycles. The highest BCUT2D eigenvalue weighted by molar-refractivity contribution is 6.21. The molecule has 1 N–H and O–H groups in total. The number of hydrogen-bond acceptors (Lipinski definition) is 2. The van der Waals surface area contributed by atoms with Gasteiger partial charge in [-0.05, 0) is 30.5 Å². The van der Waals surface area contributed by atoms with Gasteiger partial charge in [-0.15, -0.1) is 0 Å². The fourth-order valence-corrected chi connectivity index (χ4v) is 1.57. The van der Waals surface area contributed by atoms with Crippen LogP contribution in [0.4, 0.5) is 0 Å². The average Bonchev–Trinajstić information content (AvgIpc) is 2.43. The SMILES string of the molecule is [CH2]CCc1ccc2c(c1)C(=O)NC2=O. The van der Waals surface area contributed by atoms with Crippen LogP contribution in [0.15, 0.2) is 18.2 Å². The van der Waals surface area contributed by atoms with Crippen LogP contribution in [0, 0.1) is 6.92 Å². The van der Waals surface area contributed by atoms with Crippen molar-refractivity contribution in [1.82, 2.24) is 5.32 Å². The van der Waals surface area contributed by atoms with Crippen molar-refractivity contribution in [3.63, 3.8) is 0 Å². The zero-order chi connectivity index (χ0) is 10.1. The Kier molecular flexibility index (Phi) is 2.08. The van der Waals surface area contributed by atoms with Crippen LogP contribution < -0.4 is 5.32 Å². The molecule has 3 heteroatoms. The molecule has 1 heterocycles. The molecule has 1 aromatic rings. The van der Waals surface area contributed by atoms with Gasteiger partial charge in [0, 0.05) is 0 Å². The number of fused-ring (bicyclic) bond motifs is 1. The number of carbonyl (C=O) groups is 2. The molecule has 1 aliphatic rings. The highest BCUT2D eigenvalue weighted by Gasteiger charge is 2.26. The molecule has 1 radical (unpaired) electrons. The predicted molar refractivity (Wildman–Crippen MR) is 51.9 cm³/mol. The summed E-state index contributed by atoms with van der Waals surface area (Å²) >= 11 is 0. The molecule has 0 spiro atoms. The van der Waals surface area contributed by atoms with Gasteiger partial charge in [-0.1, -0.05) is 13.0 Å². The number of rotatable bonds is 2. The van der Waals surface area contributed by atoms with E-state index in [-0.39, 0.29) is 11.8 Å². The molecule has 0 unspecified atom stereocenters. The second kappa shape index (κ2) is 3.25. The van der Waals surface area contributed by atoms with Gasteiger partial charge in [-0.3, -0.25) is 14.9 Å². The molecule has 1 aliphatic heterocycles. The molecule has 0 aliphatic carbocycles. The first kappa shape index (κ1) is 8.94. The van der Waals surface area contributed by atoms with E-state index in [4.69, 9.17) is 0 Å². The lowest BCUT2D eigenvalue weighted by Crippen LogP contribution is -2.19. The monoisotopic (exact) mass is 188 g/mol. The quantitative estimate of drug-likeness (QED) is 0.712. The molecule has 0 saturated heterocycles. The maximum Gasteiger partial charge on any atom is 0.258 e. The Morgan fingerprint density at radius 1 is 1.14 bits per heavy atom. The molecule has 0 saturated carbocycles. The van der Waals surface area contributed by atoms with Gasteiger partial charge in [0.15, 0.2) is 0 Å². The molecule has 2 rings (SSSR count). The van der Waals surface area contributed by atoms with Gasteiger partial charge in [0.2, 0.25) is 0 Å². The maximum atomic E-state index is 11.3. The lowest BCUT2D eigenvalue weighted by molar-refractivity contribution is 0.0879. The summed E-state index contributed by atoms with van der Waals surface area (Å²) in [6.07, 6.45) is 1.61. The molecular weight excluding hydrogens is 178 g/mol. The summed E-state index contributed by atoms with van der Waals surface area (Å²) in [4.78, 5) is 22.5. The van der Waals surface area contributed by atoms with Crippen molar-refractivity contribution in [3.05, 3.63) is 41.8 Å². The number of amides is 2. The van der Waals surface area contributed by atoms with Crippen molar-refractivity contribution in [1.29, 1.82) is 0 Å². The van der Waals surface area contributed by atoms with Crippen molar-refractivity contribution in [2.75, 3.05) is 0 Å². The molecule has 0 fully saturated rings. The topological polar surface area (TPSA) is 46.2 Å². The normalized spacial score (nSPS) is 14.1. The van der Waals surface area contributed by atoms with Crippen LogP contribution in [-0.2, 0) is 6.42 Å². The second-order valence-electron chi connectivity index (χ2n) is 3.27. The fraction of sp³-hybridized carbons (Fsp3) is 0.182. The number of hydrogen-bond donors (Lipinski definition) is 1. The van der Waals surface area contributed by atoms with Gasteiger partial charge in [0.05, 0.1) is 11.1 Å². The van der Waals surface area contributed by atoms with Crippen LogP contribution in [0.3, 0.4) is 0 Å². The van der Waals surface area contributed by atoms with E-state index in [1.165, 1.54) is 0 Å². The summed E-state index contributed by atoms with van der Waals surface area (Å²) < 4.78 is 0. The Balaban J connectivity index is 2.44. The van der Waals surface area contributed by atoms with Crippen LogP contribution in [-0.4, -0.2) is 11.8 Å². The highest BCUT2D eigenvalue weighted by Crippen LogP contribution is 2.17. The van der Waals surface area contributed by atoms with E-state index < -0.39 is 0 Å². The molecular formula is C11H10NO2. The standard InChI is InChI=1S/C11H10NO2/c1-2-3-7-4-5-8-9(6-7)11(14)12-10(8)13/h4-6H,1-3H2,(H,12,13,14). The van der Waals surface area contributed by atoms with E-state index in [9.17, 15) is 9.59 Å². The summed E-state index contributed by atoms with van der Waals surface area (Å²) in [5, 5.41) is 2.26. The third-order valence-corrected chi connectivity index (χ3v) is 2.27. The summed E-state index contributed by atoms with van der Waals surface area (Å²) in [5.41, 5.74) is 2.01. The summed E-state index contributed by atoms with van der Waals surface area (Å²) in [6.45, 7) is 3.74. The highest BCUT2D eigenvalue weighted by atomic mass is 16.2. The molecule has 14 heavy (non-hydrogen) atoms. The zero-order valence-electron chi connectivity index (χ0n) is 7.67. The van der Waals surface area contributed by atoms with E-state index in [0.717, 1.165) is 18.4 Å². The van der Waals surface area contributed by atoms with E-state index in [1.54, 1.807) is 12.1 Å². The number of imide groups is 1. The van der Waals surface area contributed by atoms with E-state index in [2.05, 4.69) is 12.2 Å². The number of aryl methyl sites for hydroxylation is 1. The van der Waals surface area contributed by atoms with Crippen LogP contribution in [0.2, 0.25) is 0 Å². The summed E-state index contributed by atoms with van der Waals surface area (Å²) in [6, 6.07) is 5.32. The number of carbonyl (C=O) groups excluding carboxylic acids is 2. The van der Waals surface area contributed by atoms with Gasteiger partial charge in [0.25, 0.3) is 11.8 Å². The van der Waals surface area contributed by atoms with Crippen LogP contribution in [0.25, 0.3) is 0 Å². The number of nitrogens with one attached hydrogen (secondary N) is 1. The maximum absolute atomic E-state index is 11.3. The van der Waals surface area contributed by atoms with Gasteiger partial charge < -0.3 is 0 Å². The second-order valence-corrected chi connectivity index (χ2v) is 3.27. The van der Waals surface area contributed by atoms with Crippen molar-refractivity contribution in [2.45, 2.75) is 12.8 Å². The van der Waals surface area contributed by atoms with Crippen LogP contribution >= 0.6 is 0 Å². The van der Waals surface area contributed by atoms with E-state index in [0.29, 0.717) is 11.1 Å². The van der Waals surface area contributed by atoms with Crippen LogP contribution in [0.5, 0.6) is 0 Å². The minimum absolute atomic E-state index is 0.295.